The third kappa shape index (κ3) is 7.30. The third-order valence-corrected chi connectivity index (χ3v) is 4.13. The molecule has 1 fully saturated rings. The molecule has 26 heavy (non-hydrogen) atoms. The molecule has 1 unspecified atom stereocenters. The molecule has 1 aromatic carbocycles. The molecule has 4 nitrogen and oxygen atoms in total. The Morgan fingerprint density at radius 3 is 2.54 bits per heavy atom. The minimum atomic E-state index is -4.30. The highest BCUT2D eigenvalue weighted by atomic mass is 127. The van der Waals surface area contributed by atoms with Gasteiger partial charge in [0.1, 0.15) is 0 Å². The summed E-state index contributed by atoms with van der Waals surface area (Å²) in [6.45, 7) is 4.72. The first kappa shape index (κ1) is 23.0. The van der Waals surface area contributed by atoms with E-state index in [9.17, 15) is 13.2 Å². The Kier molecular flexibility index (Phi) is 9.70. The maximum atomic E-state index is 12.6. The number of ether oxygens (including phenoxy) is 1. The topological polar surface area (TPSA) is 36.9 Å². The predicted octanol–water partition coefficient (Wildman–Crippen LogP) is 4.29. The molecule has 1 aliphatic rings. The van der Waals surface area contributed by atoms with Crippen molar-refractivity contribution in [2.24, 2.45) is 4.99 Å². The first-order chi connectivity index (χ1) is 11.9. The van der Waals surface area contributed by atoms with Crippen LogP contribution in [0.4, 0.5) is 13.2 Å². The number of aliphatic imine (C=N–C) groups is 1. The summed E-state index contributed by atoms with van der Waals surface area (Å²) in [6, 6.07) is 5.25. The van der Waals surface area contributed by atoms with Crippen molar-refractivity contribution in [2.45, 2.75) is 45.0 Å². The van der Waals surface area contributed by atoms with Gasteiger partial charge >= 0.3 is 6.18 Å². The van der Waals surface area contributed by atoms with Crippen molar-refractivity contribution in [3.63, 3.8) is 0 Å². The Labute approximate surface area is 170 Å². The molecule has 1 aliphatic heterocycles. The molecule has 0 bridgehead atoms. The van der Waals surface area contributed by atoms with Gasteiger partial charge in [-0.2, -0.15) is 13.2 Å². The van der Waals surface area contributed by atoms with Gasteiger partial charge in [0.15, 0.2) is 5.96 Å². The second kappa shape index (κ2) is 11.0. The second-order valence-electron chi connectivity index (χ2n) is 6.21. The second-order valence-corrected chi connectivity index (χ2v) is 6.21. The number of guanidine groups is 1. The lowest BCUT2D eigenvalue weighted by Gasteiger charge is -2.22. The third-order valence-electron chi connectivity index (χ3n) is 4.13. The molecule has 8 heteroatoms. The van der Waals surface area contributed by atoms with E-state index in [0.717, 1.165) is 56.1 Å². The summed E-state index contributed by atoms with van der Waals surface area (Å²) < 4.78 is 43.5. The van der Waals surface area contributed by atoms with Crippen LogP contribution in [-0.2, 0) is 17.5 Å². The summed E-state index contributed by atoms with van der Waals surface area (Å²) in [4.78, 5) is 6.52. The predicted molar refractivity (Wildman–Crippen MR) is 108 cm³/mol. The molecule has 1 N–H and O–H groups in total. The molecule has 2 rings (SSSR count). The van der Waals surface area contributed by atoms with Crippen LogP contribution in [0.3, 0.4) is 0 Å². The lowest BCUT2D eigenvalue weighted by Crippen LogP contribution is -2.38. The summed E-state index contributed by atoms with van der Waals surface area (Å²) in [5, 5.41) is 3.22. The van der Waals surface area contributed by atoms with Crippen LogP contribution < -0.4 is 5.32 Å². The van der Waals surface area contributed by atoms with Crippen LogP contribution in [0.25, 0.3) is 0 Å². The van der Waals surface area contributed by atoms with Gasteiger partial charge in [0.05, 0.1) is 11.7 Å². The van der Waals surface area contributed by atoms with Crippen LogP contribution in [0.15, 0.2) is 29.3 Å². The first-order valence-corrected chi connectivity index (χ1v) is 8.67. The van der Waals surface area contributed by atoms with Crippen molar-refractivity contribution in [1.82, 2.24) is 10.2 Å². The van der Waals surface area contributed by atoms with E-state index in [4.69, 9.17) is 4.74 Å². The SMILES string of the molecule is CCNC(=NCCC1CCCO1)N(C)Cc1ccc(C(F)(F)F)cc1.I. The Hall–Kier alpha value is -1.03. The summed E-state index contributed by atoms with van der Waals surface area (Å²) in [7, 11) is 1.88. The van der Waals surface area contributed by atoms with E-state index in [1.165, 1.54) is 12.1 Å². The highest BCUT2D eigenvalue weighted by Crippen LogP contribution is 2.29. The maximum absolute atomic E-state index is 12.6. The highest BCUT2D eigenvalue weighted by Gasteiger charge is 2.29. The van der Waals surface area contributed by atoms with Gasteiger partial charge < -0.3 is 15.0 Å². The Bertz CT molecular complexity index is 558. The molecule has 0 amide bonds. The van der Waals surface area contributed by atoms with Crippen molar-refractivity contribution >= 4 is 29.9 Å². The number of hydrogen-bond acceptors (Lipinski definition) is 2. The van der Waals surface area contributed by atoms with Crippen molar-refractivity contribution < 1.29 is 17.9 Å². The molecule has 0 aromatic heterocycles. The van der Waals surface area contributed by atoms with Gasteiger partial charge in [-0.15, -0.1) is 24.0 Å². The van der Waals surface area contributed by atoms with E-state index in [-0.39, 0.29) is 24.0 Å². The Balaban J connectivity index is 0.00000338. The molecular formula is C18H27F3IN3O. The van der Waals surface area contributed by atoms with Gasteiger partial charge in [0, 0.05) is 33.3 Å². The van der Waals surface area contributed by atoms with E-state index >= 15 is 0 Å². The maximum Gasteiger partial charge on any atom is 0.416 e. The number of halogens is 4. The molecule has 0 saturated carbocycles. The van der Waals surface area contributed by atoms with Gasteiger partial charge in [-0.05, 0) is 43.9 Å². The molecule has 0 radical (unpaired) electrons. The first-order valence-electron chi connectivity index (χ1n) is 8.67. The van der Waals surface area contributed by atoms with Crippen LogP contribution in [0.1, 0.15) is 37.3 Å². The summed E-state index contributed by atoms with van der Waals surface area (Å²) in [6.07, 6.45) is -0.908. The normalized spacial score (nSPS) is 17.7. The molecule has 0 aliphatic carbocycles. The van der Waals surface area contributed by atoms with Gasteiger partial charge in [-0.3, -0.25) is 4.99 Å². The van der Waals surface area contributed by atoms with E-state index in [1.54, 1.807) is 0 Å². The minimum absolute atomic E-state index is 0. The lowest BCUT2D eigenvalue weighted by atomic mass is 10.1. The number of hydrogen-bond donors (Lipinski definition) is 1. The quantitative estimate of drug-likeness (QED) is 0.371. The van der Waals surface area contributed by atoms with Crippen LogP contribution in [0, 0.1) is 0 Å². The number of alkyl halides is 3. The van der Waals surface area contributed by atoms with E-state index in [2.05, 4.69) is 10.3 Å². The van der Waals surface area contributed by atoms with E-state index in [0.29, 0.717) is 19.2 Å². The monoisotopic (exact) mass is 485 g/mol. The zero-order valence-corrected chi connectivity index (χ0v) is 17.5. The lowest BCUT2D eigenvalue weighted by molar-refractivity contribution is -0.137. The standard InChI is InChI=1S/C18H26F3N3O.HI/c1-3-22-17(23-11-10-16-5-4-12-25-16)24(2)13-14-6-8-15(9-7-14)18(19,20)21;/h6-9,16H,3-5,10-13H2,1-2H3,(H,22,23);1H. The van der Waals surface area contributed by atoms with Crippen LogP contribution in [0.5, 0.6) is 0 Å². The van der Waals surface area contributed by atoms with Crippen molar-refractivity contribution in [2.75, 3.05) is 26.7 Å². The number of rotatable bonds is 6. The molecule has 148 valence electrons. The number of nitrogens with zero attached hydrogens (tertiary/aromatic N) is 2. The minimum Gasteiger partial charge on any atom is -0.378 e. The fraction of sp³-hybridized carbons (Fsp3) is 0.611. The van der Waals surface area contributed by atoms with Crippen molar-refractivity contribution in [3.8, 4) is 0 Å². The van der Waals surface area contributed by atoms with Crippen LogP contribution >= 0.6 is 24.0 Å². The van der Waals surface area contributed by atoms with E-state index in [1.807, 2.05) is 18.9 Å². The zero-order valence-electron chi connectivity index (χ0n) is 15.2. The molecule has 1 heterocycles. The smallest absolute Gasteiger partial charge is 0.378 e. The Morgan fingerprint density at radius 1 is 1.31 bits per heavy atom. The largest absolute Gasteiger partial charge is 0.416 e. The van der Waals surface area contributed by atoms with Gasteiger partial charge in [-0.1, -0.05) is 12.1 Å². The fourth-order valence-electron chi connectivity index (χ4n) is 2.80. The average molecular weight is 485 g/mol. The molecule has 0 spiro atoms. The van der Waals surface area contributed by atoms with Crippen LogP contribution in [-0.4, -0.2) is 43.7 Å². The van der Waals surface area contributed by atoms with E-state index < -0.39 is 11.7 Å². The number of benzene rings is 1. The van der Waals surface area contributed by atoms with Crippen LogP contribution in [0.2, 0.25) is 0 Å². The van der Waals surface area contributed by atoms with Crippen molar-refractivity contribution in [3.05, 3.63) is 35.4 Å². The average Bonchev–Trinajstić information content (AvgIpc) is 3.07. The Morgan fingerprint density at radius 2 is 2.00 bits per heavy atom. The molecular weight excluding hydrogens is 458 g/mol. The van der Waals surface area contributed by atoms with Crippen molar-refractivity contribution in [1.29, 1.82) is 0 Å². The molecule has 1 saturated heterocycles. The van der Waals surface area contributed by atoms with Gasteiger partial charge in [0.2, 0.25) is 0 Å². The molecule has 1 aromatic rings. The molecule has 1 atom stereocenters. The van der Waals surface area contributed by atoms with Gasteiger partial charge in [-0.25, -0.2) is 0 Å². The summed E-state index contributed by atoms with van der Waals surface area (Å²) >= 11 is 0. The zero-order chi connectivity index (χ0) is 18.3. The van der Waals surface area contributed by atoms with Gasteiger partial charge in [0.25, 0.3) is 0 Å². The summed E-state index contributed by atoms with van der Waals surface area (Å²) in [5.41, 5.74) is 0.177. The number of nitrogens with one attached hydrogen (secondary N) is 1. The summed E-state index contributed by atoms with van der Waals surface area (Å²) in [5.74, 6) is 0.750. The highest BCUT2D eigenvalue weighted by molar-refractivity contribution is 14.0. The fourth-order valence-corrected chi connectivity index (χ4v) is 2.80.